The molecular formula is C19H22S2. The Bertz CT molecular complexity index is 511. The molecule has 21 heavy (non-hydrogen) atoms. The highest BCUT2D eigenvalue weighted by Gasteiger charge is 2.65. The highest BCUT2D eigenvalue weighted by atomic mass is 32.2. The molecule has 2 aromatic rings. The van der Waals surface area contributed by atoms with Crippen LogP contribution in [0.5, 0.6) is 0 Å². The molecule has 0 saturated heterocycles. The average Bonchev–Trinajstić information content (AvgIpc) is 3.18. The minimum absolute atomic E-state index is 0.326. The van der Waals surface area contributed by atoms with E-state index in [1.54, 1.807) is 0 Å². The first-order chi connectivity index (χ1) is 10.3. The third-order valence-corrected chi connectivity index (χ3v) is 7.35. The molecule has 0 spiro atoms. The van der Waals surface area contributed by atoms with Gasteiger partial charge in [-0.05, 0) is 22.6 Å². The molecule has 0 aliphatic heterocycles. The van der Waals surface area contributed by atoms with Gasteiger partial charge in [0.25, 0.3) is 0 Å². The zero-order chi connectivity index (χ0) is 14.7. The monoisotopic (exact) mass is 314 g/mol. The van der Waals surface area contributed by atoms with E-state index in [2.05, 4.69) is 98.0 Å². The molecule has 0 unspecified atom stereocenters. The zero-order valence-corrected chi connectivity index (χ0v) is 14.3. The molecule has 1 aliphatic carbocycles. The fourth-order valence-electron chi connectivity index (χ4n) is 3.36. The van der Waals surface area contributed by atoms with Gasteiger partial charge >= 0.3 is 0 Å². The molecule has 0 N–H and O–H groups in total. The van der Waals surface area contributed by atoms with Crippen LogP contribution in [0.2, 0.25) is 0 Å². The smallest absolute Gasteiger partial charge is 0.0760 e. The lowest BCUT2D eigenvalue weighted by Gasteiger charge is -2.16. The first-order valence-electron chi connectivity index (χ1n) is 7.71. The lowest BCUT2D eigenvalue weighted by Crippen LogP contribution is -2.04. The van der Waals surface area contributed by atoms with Gasteiger partial charge in [-0.1, -0.05) is 74.5 Å². The Labute approximate surface area is 136 Å². The van der Waals surface area contributed by atoms with Gasteiger partial charge in [-0.3, -0.25) is 0 Å². The number of hydrogen-bond donors (Lipinski definition) is 0. The molecule has 0 amide bonds. The molecule has 0 heterocycles. The van der Waals surface area contributed by atoms with Crippen molar-refractivity contribution in [3.63, 3.8) is 0 Å². The molecule has 2 atom stereocenters. The lowest BCUT2D eigenvalue weighted by molar-refractivity contribution is 1.03. The maximum absolute atomic E-state index is 2.30. The van der Waals surface area contributed by atoms with E-state index in [4.69, 9.17) is 0 Å². The van der Waals surface area contributed by atoms with Crippen molar-refractivity contribution in [1.82, 2.24) is 0 Å². The Morgan fingerprint density at radius 2 is 1.10 bits per heavy atom. The summed E-state index contributed by atoms with van der Waals surface area (Å²) in [5.41, 5.74) is 2.99. The Kier molecular flexibility index (Phi) is 4.66. The number of thioether (sulfide) groups is 2. The molecule has 0 nitrogen and oxygen atoms in total. The molecule has 0 radical (unpaired) electrons. The highest BCUT2D eigenvalue weighted by molar-refractivity contribution is 8.18. The number of benzene rings is 2. The van der Waals surface area contributed by atoms with Gasteiger partial charge in [0.1, 0.15) is 0 Å². The number of hydrogen-bond acceptors (Lipinski definition) is 2. The lowest BCUT2D eigenvalue weighted by atomic mass is 10.0. The van der Waals surface area contributed by atoms with E-state index in [1.165, 1.54) is 22.6 Å². The molecule has 0 aromatic heterocycles. The minimum Gasteiger partial charge on any atom is -0.143 e. The van der Waals surface area contributed by atoms with E-state index in [0.29, 0.717) is 15.9 Å². The molecular weight excluding hydrogens is 292 g/mol. The van der Waals surface area contributed by atoms with Crippen molar-refractivity contribution in [3.05, 3.63) is 71.8 Å². The van der Waals surface area contributed by atoms with Crippen LogP contribution in [-0.2, 0) is 0 Å². The first-order valence-corrected chi connectivity index (χ1v) is 9.68. The van der Waals surface area contributed by atoms with E-state index in [0.717, 1.165) is 0 Å². The van der Waals surface area contributed by atoms with E-state index < -0.39 is 0 Å². The van der Waals surface area contributed by atoms with Crippen molar-refractivity contribution in [2.24, 2.45) is 0 Å². The second kappa shape index (κ2) is 6.50. The highest BCUT2D eigenvalue weighted by Crippen LogP contribution is 2.75. The van der Waals surface area contributed by atoms with E-state index in [1.807, 2.05) is 0 Å². The summed E-state index contributed by atoms with van der Waals surface area (Å²) in [5.74, 6) is 3.63. The fraction of sp³-hybridized carbons (Fsp3) is 0.368. The van der Waals surface area contributed by atoms with E-state index in [-0.39, 0.29) is 0 Å². The zero-order valence-electron chi connectivity index (χ0n) is 12.7. The van der Waals surface area contributed by atoms with Gasteiger partial charge in [0, 0.05) is 11.8 Å². The van der Waals surface area contributed by atoms with Crippen LogP contribution in [0.3, 0.4) is 0 Å². The number of rotatable bonds is 6. The third-order valence-electron chi connectivity index (χ3n) is 4.15. The van der Waals surface area contributed by atoms with Crippen molar-refractivity contribution in [3.8, 4) is 0 Å². The predicted molar refractivity (Wildman–Crippen MR) is 97.4 cm³/mol. The van der Waals surface area contributed by atoms with Crippen LogP contribution >= 0.6 is 23.5 Å². The van der Waals surface area contributed by atoms with Crippen LogP contribution in [0.4, 0.5) is 0 Å². The average molecular weight is 315 g/mol. The maximum atomic E-state index is 2.30. The maximum Gasteiger partial charge on any atom is 0.0760 e. The standard InChI is InChI=1S/C19H22S2/c1-3-20-19(21-4-2)17(15-11-7-5-8-12-15)18(19)16-13-9-6-10-14-16/h5-14,17-18H,3-4H2,1-2H3/t17-,18-/m1/s1. The molecule has 1 saturated carbocycles. The molecule has 2 heteroatoms. The molecule has 1 fully saturated rings. The van der Waals surface area contributed by atoms with Crippen molar-refractivity contribution in [2.45, 2.75) is 29.8 Å². The van der Waals surface area contributed by atoms with Crippen LogP contribution in [0.25, 0.3) is 0 Å². The summed E-state index contributed by atoms with van der Waals surface area (Å²) < 4.78 is 0.326. The second-order valence-electron chi connectivity index (χ2n) is 5.36. The van der Waals surface area contributed by atoms with Gasteiger partial charge in [0.2, 0.25) is 0 Å². The summed E-state index contributed by atoms with van der Waals surface area (Å²) in [6.07, 6.45) is 0. The van der Waals surface area contributed by atoms with Crippen molar-refractivity contribution >= 4 is 23.5 Å². The van der Waals surface area contributed by atoms with Gasteiger partial charge in [0.15, 0.2) is 0 Å². The summed E-state index contributed by atoms with van der Waals surface area (Å²) >= 11 is 4.28. The van der Waals surface area contributed by atoms with Crippen LogP contribution in [0.1, 0.15) is 36.8 Å². The summed E-state index contributed by atoms with van der Waals surface area (Å²) in [6.45, 7) is 4.57. The summed E-state index contributed by atoms with van der Waals surface area (Å²) in [6, 6.07) is 22.1. The topological polar surface area (TPSA) is 0 Å². The second-order valence-corrected chi connectivity index (χ2v) is 8.71. The van der Waals surface area contributed by atoms with Gasteiger partial charge in [-0.15, -0.1) is 23.5 Å². The predicted octanol–water partition coefficient (Wildman–Crippen LogP) is 5.77. The Balaban J connectivity index is 1.99. The Hall–Kier alpha value is -0.860. The quantitative estimate of drug-likeness (QED) is 0.621. The fourth-order valence-corrected chi connectivity index (χ4v) is 6.98. The van der Waals surface area contributed by atoms with E-state index >= 15 is 0 Å². The molecule has 0 bridgehead atoms. The third kappa shape index (κ3) is 2.76. The van der Waals surface area contributed by atoms with Crippen LogP contribution < -0.4 is 0 Å². The SMILES string of the molecule is CCSC1(SCC)[C@H](c2ccccc2)[C@H]1c1ccccc1. The van der Waals surface area contributed by atoms with Crippen LogP contribution in [0, 0.1) is 0 Å². The first kappa shape index (κ1) is 15.1. The van der Waals surface area contributed by atoms with Crippen LogP contribution in [-0.4, -0.2) is 15.6 Å². The largest absolute Gasteiger partial charge is 0.143 e. The summed E-state index contributed by atoms with van der Waals surface area (Å²) in [5, 5.41) is 0. The normalized spacial score (nSPS) is 23.0. The van der Waals surface area contributed by atoms with Crippen molar-refractivity contribution in [1.29, 1.82) is 0 Å². The van der Waals surface area contributed by atoms with Gasteiger partial charge in [0.05, 0.1) is 4.08 Å². The summed E-state index contributed by atoms with van der Waals surface area (Å²) in [4.78, 5) is 0. The Morgan fingerprint density at radius 1 is 0.714 bits per heavy atom. The molecule has 2 aromatic carbocycles. The van der Waals surface area contributed by atoms with Crippen molar-refractivity contribution in [2.75, 3.05) is 11.5 Å². The summed E-state index contributed by atoms with van der Waals surface area (Å²) in [7, 11) is 0. The van der Waals surface area contributed by atoms with Gasteiger partial charge in [-0.2, -0.15) is 0 Å². The molecule has 1 aliphatic rings. The van der Waals surface area contributed by atoms with Crippen LogP contribution in [0.15, 0.2) is 60.7 Å². The molecule has 110 valence electrons. The van der Waals surface area contributed by atoms with Gasteiger partial charge in [-0.25, -0.2) is 0 Å². The Morgan fingerprint density at radius 3 is 1.43 bits per heavy atom. The minimum atomic E-state index is 0.326. The molecule has 3 rings (SSSR count). The van der Waals surface area contributed by atoms with Gasteiger partial charge < -0.3 is 0 Å². The van der Waals surface area contributed by atoms with E-state index in [9.17, 15) is 0 Å². The van der Waals surface area contributed by atoms with Crippen molar-refractivity contribution < 1.29 is 0 Å².